The summed E-state index contributed by atoms with van der Waals surface area (Å²) in [5.74, 6) is -1.80. The number of nitrogens with one attached hydrogen (secondary N) is 2. The van der Waals surface area contributed by atoms with E-state index in [1.165, 1.54) is 18.3 Å². The molecule has 0 aliphatic heterocycles. The molecule has 1 heterocycles. The molecule has 0 radical (unpaired) electrons. The monoisotopic (exact) mass is 324 g/mol. The first-order chi connectivity index (χ1) is 10.5. The number of carbonyl (C=O) groups is 3. The average Bonchev–Trinajstić information content (AvgIpc) is 3.07. The second-order valence-electron chi connectivity index (χ2n) is 5.52. The highest BCUT2D eigenvalue weighted by molar-refractivity contribution is 7.10. The van der Waals surface area contributed by atoms with Gasteiger partial charge in [0.2, 0.25) is 11.8 Å². The Labute approximate surface area is 132 Å². The second-order valence-corrected chi connectivity index (χ2v) is 6.50. The van der Waals surface area contributed by atoms with Crippen LogP contribution in [-0.2, 0) is 14.4 Å². The Bertz CT molecular complexity index is 544. The zero-order valence-electron chi connectivity index (χ0n) is 12.4. The first-order valence-corrected chi connectivity index (χ1v) is 8.18. The van der Waals surface area contributed by atoms with Crippen LogP contribution in [0, 0.1) is 5.92 Å². The molecule has 1 saturated carbocycles. The highest BCUT2D eigenvalue weighted by Gasteiger charge is 2.34. The summed E-state index contributed by atoms with van der Waals surface area (Å²) in [5, 5.41) is 16.6. The summed E-state index contributed by atoms with van der Waals surface area (Å²) < 4.78 is 0. The van der Waals surface area contributed by atoms with Gasteiger partial charge >= 0.3 is 5.97 Å². The maximum Gasteiger partial charge on any atom is 0.308 e. The lowest BCUT2D eigenvalue weighted by molar-refractivity contribution is -0.142. The lowest BCUT2D eigenvalue weighted by Crippen LogP contribution is -2.41. The molecule has 1 aliphatic carbocycles. The number of carboxylic acid groups (broad SMARTS) is 1. The van der Waals surface area contributed by atoms with Crippen LogP contribution < -0.4 is 10.6 Å². The van der Waals surface area contributed by atoms with Gasteiger partial charge < -0.3 is 15.7 Å². The summed E-state index contributed by atoms with van der Waals surface area (Å²) >= 11 is 1.47. The van der Waals surface area contributed by atoms with E-state index in [4.69, 9.17) is 5.11 Å². The van der Waals surface area contributed by atoms with Gasteiger partial charge in [-0.2, -0.15) is 0 Å². The summed E-state index contributed by atoms with van der Waals surface area (Å²) in [6, 6.07) is 3.05. The Morgan fingerprint density at radius 3 is 2.77 bits per heavy atom. The number of thiophene rings is 1. The maximum atomic E-state index is 12.2. The van der Waals surface area contributed by atoms with Crippen molar-refractivity contribution in [2.45, 2.75) is 44.7 Å². The van der Waals surface area contributed by atoms with E-state index in [0.717, 1.165) is 11.3 Å². The van der Waals surface area contributed by atoms with Gasteiger partial charge in [0.25, 0.3) is 0 Å². The number of aliphatic carboxylic acids is 1. The number of rotatable bonds is 6. The zero-order valence-corrected chi connectivity index (χ0v) is 13.2. The molecule has 1 fully saturated rings. The van der Waals surface area contributed by atoms with Gasteiger partial charge in [0.05, 0.1) is 18.4 Å². The Kier molecular flexibility index (Phi) is 5.54. The van der Waals surface area contributed by atoms with Gasteiger partial charge in [0.15, 0.2) is 0 Å². The molecule has 3 atom stereocenters. The highest BCUT2D eigenvalue weighted by Crippen LogP contribution is 2.27. The van der Waals surface area contributed by atoms with Crippen LogP contribution in [0.25, 0.3) is 0 Å². The molecule has 0 bridgehead atoms. The van der Waals surface area contributed by atoms with Gasteiger partial charge in [-0.3, -0.25) is 14.4 Å². The van der Waals surface area contributed by atoms with Crippen LogP contribution in [0.3, 0.4) is 0 Å². The van der Waals surface area contributed by atoms with Crippen molar-refractivity contribution in [3.63, 3.8) is 0 Å². The standard InChI is InChI=1S/C15H20N2O4S/c1-9(18)16-12(13-6-3-7-22-13)8-14(19)17-11-5-2-4-10(11)15(20)21/h3,6-7,10-12H,2,4-5,8H2,1H3,(H,16,18)(H,17,19)(H,20,21)/t10-,11+,12?/m0/s1. The summed E-state index contributed by atoms with van der Waals surface area (Å²) in [4.78, 5) is 35.6. The fourth-order valence-corrected chi connectivity index (χ4v) is 3.62. The number of amides is 2. The highest BCUT2D eigenvalue weighted by atomic mass is 32.1. The normalized spacial score (nSPS) is 22.0. The number of carboxylic acids is 1. The summed E-state index contributed by atoms with van der Waals surface area (Å²) in [6.07, 6.45) is 2.21. The van der Waals surface area contributed by atoms with Crippen LogP contribution in [0.2, 0.25) is 0 Å². The summed E-state index contributed by atoms with van der Waals surface area (Å²) in [7, 11) is 0. The zero-order chi connectivity index (χ0) is 16.1. The first kappa shape index (κ1) is 16.5. The van der Waals surface area contributed by atoms with E-state index in [-0.39, 0.29) is 30.3 Å². The van der Waals surface area contributed by atoms with Crippen LogP contribution in [0.4, 0.5) is 0 Å². The predicted molar refractivity (Wildman–Crippen MR) is 82.4 cm³/mol. The van der Waals surface area contributed by atoms with Crippen molar-refractivity contribution in [3.05, 3.63) is 22.4 Å². The molecule has 0 aromatic carbocycles. The van der Waals surface area contributed by atoms with Gasteiger partial charge in [-0.15, -0.1) is 11.3 Å². The average molecular weight is 324 g/mol. The molecular weight excluding hydrogens is 304 g/mol. The van der Waals surface area contributed by atoms with Gasteiger partial charge in [0.1, 0.15) is 0 Å². The van der Waals surface area contributed by atoms with E-state index in [1.807, 2.05) is 17.5 Å². The molecule has 7 heteroatoms. The van der Waals surface area contributed by atoms with Crippen LogP contribution in [0.15, 0.2) is 17.5 Å². The van der Waals surface area contributed by atoms with Crippen molar-refractivity contribution in [2.75, 3.05) is 0 Å². The van der Waals surface area contributed by atoms with Crippen LogP contribution in [0.5, 0.6) is 0 Å². The molecule has 1 aliphatic rings. The molecule has 0 saturated heterocycles. The van der Waals surface area contributed by atoms with E-state index in [1.54, 1.807) is 0 Å². The Hall–Kier alpha value is -1.89. The van der Waals surface area contributed by atoms with Crippen molar-refractivity contribution in [1.29, 1.82) is 0 Å². The molecular formula is C15H20N2O4S. The van der Waals surface area contributed by atoms with Crippen LogP contribution in [-0.4, -0.2) is 28.9 Å². The van der Waals surface area contributed by atoms with Gasteiger partial charge in [-0.05, 0) is 24.3 Å². The van der Waals surface area contributed by atoms with Gasteiger partial charge in [0, 0.05) is 17.8 Å². The largest absolute Gasteiger partial charge is 0.481 e. The Morgan fingerprint density at radius 1 is 1.41 bits per heavy atom. The van der Waals surface area contributed by atoms with Crippen molar-refractivity contribution in [1.82, 2.24) is 10.6 Å². The third-order valence-corrected chi connectivity index (χ3v) is 4.82. The van der Waals surface area contributed by atoms with E-state index in [9.17, 15) is 14.4 Å². The van der Waals surface area contributed by atoms with Gasteiger partial charge in [-0.25, -0.2) is 0 Å². The fourth-order valence-electron chi connectivity index (χ4n) is 2.84. The van der Waals surface area contributed by atoms with E-state index < -0.39 is 11.9 Å². The van der Waals surface area contributed by atoms with Crippen molar-refractivity contribution in [3.8, 4) is 0 Å². The van der Waals surface area contributed by atoms with E-state index in [0.29, 0.717) is 12.8 Å². The fraction of sp³-hybridized carbons (Fsp3) is 0.533. The molecule has 0 spiro atoms. The number of hydrogen-bond donors (Lipinski definition) is 3. The van der Waals surface area contributed by atoms with Crippen molar-refractivity contribution < 1.29 is 19.5 Å². The van der Waals surface area contributed by atoms with Crippen molar-refractivity contribution >= 4 is 29.1 Å². The SMILES string of the molecule is CC(=O)NC(CC(=O)N[C@@H]1CCC[C@@H]1C(=O)O)c1cccs1. The van der Waals surface area contributed by atoms with Crippen LogP contribution in [0.1, 0.15) is 43.5 Å². The quantitative estimate of drug-likeness (QED) is 0.742. The van der Waals surface area contributed by atoms with Crippen molar-refractivity contribution in [2.24, 2.45) is 5.92 Å². The number of hydrogen-bond acceptors (Lipinski definition) is 4. The number of carbonyl (C=O) groups excluding carboxylic acids is 2. The minimum Gasteiger partial charge on any atom is -0.481 e. The topological polar surface area (TPSA) is 95.5 Å². The molecule has 22 heavy (non-hydrogen) atoms. The summed E-state index contributed by atoms with van der Waals surface area (Å²) in [5.41, 5.74) is 0. The lowest BCUT2D eigenvalue weighted by atomic mass is 10.0. The third-order valence-electron chi connectivity index (χ3n) is 3.83. The van der Waals surface area contributed by atoms with Crippen LogP contribution >= 0.6 is 11.3 Å². The minimum absolute atomic E-state index is 0.114. The molecule has 2 amide bonds. The maximum absolute atomic E-state index is 12.2. The molecule has 3 N–H and O–H groups in total. The molecule has 6 nitrogen and oxygen atoms in total. The third kappa shape index (κ3) is 4.30. The predicted octanol–water partition coefficient (Wildman–Crippen LogP) is 1.68. The first-order valence-electron chi connectivity index (χ1n) is 7.30. The molecule has 1 unspecified atom stereocenters. The summed E-state index contributed by atoms with van der Waals surface area (Å²) in [6.45, 7) is 1.41. The molecule has 2 rings (SSSR count). The molecule has 1 aromatic heterocycles. The Balaban J connectivity index is 1.96. The van der Waals surface area contributed by atoms with E-state index in [2.05, 4.69) is 10.6 Å². The Morgan fingerprint density at radius 2 is 2.18 bits per heavy atom. The second kappa shape index (κ2) is 7.40. The van der Waals surface area contributed by atoms with E-state index >= 15 is 0 Å². The van der Waals surface area contributed by atoms with Gasteiger partial charge in [-0.1, -0.05) is 12.5 Å². The smallest absolute Gasteiger partial charge is 0.308 e. The molecule has 120 valence electrons. The minimum atomic E-state index is -0.862. The molecule has 1 aromatic rings. The lowest BCUT2D eigenvalue weighted by Gasteiger charge is -2.20.